The summed E-state index contributed by atoms with van der Waals surface area (Å²) < 4.78 is 39.2. The van der Waals surface area contributed by atoms with Crippen LogP contribution in [0.25, 0.3) is 0 Å². The number of hydrogen-bond acceptors (Lipinski definition) is 8. The SMILES string of the molecule is C[C@H](CC(=O)c1ncnc(N)c1Br)c1ncc(C(=O)Nc2cc(C(F)(F)F)c(Cl)cn2)s1. The summed E-state index contributed by atoms with van der Waals surface area (Å²) in [5, 5.41) is 2.20. The zero-order valence-electron chi connectivity index (χ0n) is 16.1. The molecule has 3 aromatic heterocycles. The van der Waals surface area contributed by atoms with Crippen molar-refractivity contribution in [1.82, 2.24) is 19.9 Å². The number of thiazole rings is 1. The van der Waals surface area contributed by atoms with Crippen LogP contribution < -0.4 is 11.1 Å². The number of nitrogen functional groups attached to an aromatic ring is 1. The minimum Gasteiger partial charge on any atom is -0.383 e. The van der Waals surface area contributed by atoms with Crippen molar-refractivity contribution in [1.29, 1.82) is 0 Å². The van der Waals surface area contributed by atoms with Crippen LogP contribution in [0.4, 0.5) is 24.8 Å². The Morgan fingerprint density at radius 3 is 2.66 bits per heavy atom. The van der Waals surface area contributed by atoms with E-state index in [-0.39, 0.29) is 40.3 Å². The second-order valence-corrected chi connectivity index (χ2v) is 8.78. The number of ketones is 1. The third-order valence-corrected chi connectivity index (χ3v) is 6.45. The number of nitrogens with one attached hydrogen (secondary N) is 1. The Labute approximate surface area is 196 Å². The minimum absolute atomic E-state index is 0.0390. The van der Waals surface area contributed by atoms with Gasteiger partial charge >= 0.3 is 6.18 Å². The van der Waals surface area contributed by atoms with Crippen molar-refractivity contribution in [2.75, 3.05) is 11.1 Å². The van der Waals surface area contributed by atoms with Crippen LogP contribution in [0, 0.1) is 0 Å². The Bertz CT molecular complexity index is 1190. The second-order valence-electron chi connectivity index (χ2n) is 6.51. The summed E-state index contributed by atoms with van der Waals surface area (Å²) in [7, 11) is 0. The number of Topliss-reactive ketones (excluding diaryl/α,β-unsaturated/α-hetero) is 1. The van der Waals surface area contributed by atoms with Gasteiger partial charge in [-0.15, -0.1) is 11.3 Å². The third kappa shape index (κ3) is 5.40. The number of nitrogens with zero attached hydrogens (tertiary/aromatic N) is 4. The summed E-state index contributed by atoms with van der Waals surface area (Å²) in [6.45, 7) is 1.74. The highest BCUT2D eigenvalue weighted by Gasteiger charge is 2.34. The van der Waals surface area contributed by atoms with Gasteiger partial charge in [-0.3, -0.25) is 9.59 Å². The smallest absolute Gasteiger partial charge is 0.383 e. The van der Waals surface area contributed by atoms with Gasteiger partial charge in [0.1, 0.15) is 28.5 Å². The molecule has 0 aromatic carbocycles. The van der Waals surface area contributed by atoms with Crippen molar-refractivity contribution in [2.24, 2.45) is 0 Å². The molecule has 168 valence electrons. The number of carbonyl (C=O) groups excluding carboxylic acids is 2. The normalized spacial score (nSPS) is 12.4. The molecule has 0 aliphatic heterocycles. The molecule has 0 saturated carbocycles. The van der Waals surface area contributed by atoms with Crippen molar-refractivity contribution in [3.63, 3.8) is 0 Å². The molecule has 0 aliphatic rings. The Hall–Kier alpha value is -2.64. The van der Waals surface area contributed by atoms with Crippen molar-refractivity contribution < 1.29 is 22.8 Å². The van der Waals surface area contributed by atoms with E-state index in [2.05, 4.69) is 41.2 Å². The summed E-state index contributed by atoms with van der Waals surface area (Å²) in [6.07, 6.45) is -1.39. The van der Waals surface area contributed by atoms with Crippen molar-refractivity contribution in [3.8, 4) is 0 Å². The van der Waals surface area contributed by atoms with E-state index in [9.17, 15) is 22.8 Å². The number of rotatable bonds is 6. The van der Waals surface area contributed by atoms with Crippen LogP contribution in [0.3, 0.4) is 0 Å². The predicted molar refractivity (Wildman–Crippen MR) is 116 cm³/mol. The molecule has 1 atom stereocenters. The van der Waals surface area contributed by atoms with Crippen molar-refractivity contribution in [2.45, 2.75) is 25.4 Å². The molecule has 32 heavy (non-hydrogen) atoms. The van der Waals surface area contributed by atoms with Gasteiger partial charge in [0.05, 0.1) is 26.3 Å². The summed E-state index contributed by atoms with van der Waals surface area (Å²) in [5.74, 6) is -1.53. The lowest BCUT2D eigenvalue weighted by molar-refractivity contribution is -0.137. The first kappa shape index (κ1) is 24.0. The number of aromatic nitrogens is 4. The van der Waals surface area contributed by atoms with Gasteiger partial charge in [0, 0.05) is 18.5 Å². The summed E-state index contributed by atoms with van der Waals surface area (Å²) >= 11 is 9.72. The molecule has 3 N–H and O–H groups in total. The first-order chi connectivity index (χ1) is 15.0. The molecule has 3 rings (SSSR count). The minimum atomic E-state index is -4.69. The fourth-order valence-electron chi connectivity index (χ4n) is 2.56. The van der Waals surface area contributed by atoms with Gasteiger partial charge in [-0.1, -0.05) is 18.5 Å². The number of anilines is 2. The first-order valence-electron chi connectivity index (χ1n) is 8.76. The predicted octanol–water partition coefficient (Wildman–Crippen LogP) is 4.97. The Morgan fingerprint density at radius 2 is 1.97 bits per heavy atom. The maximum atomic E-state index is 13.0. The Kier molecular flexibility index (Phi) is 7.10. The summed E-state index contributed by atoms with van der Waals surface area (Å²) in [5.41, 5.74) is 4.68. The zero-order valence-corrected chi connectivity index (χ0v) is 19.2. The van der Waals surface area contributed by atoms with E-state index in [4.69, 9.17) is 17.3 Å². The fourth-order valence-corrected chi connectivity index (χ4v) is 4.06. The van der Waals surface area contributed by atoms with Gasteiger partial charge in [0.15, 0.2) is 5.78 Å². The largest absolute Gasteiger partial charge is 0.418 e. The quantitative estimate of drug-likeness (QED) is 0.416. The molecular weight excluding hydrogens is 537 g/mol. The van der Waals surface area contributed by atoms with E-state index in [0.29, 0.717) is 15.5 Å². The maximum Gasteiger partial charge on any atom is 0.418 e. The molecular formula is C18H13BrClF3N6O2S. The molecule has 8 nitrogen and oxygen atoms in total. The molecule has 0 aliphatic carbocycles. The van der Waals surface area contributed by atoms with Gasteiger partial charge in [0.25, 0.3) is 5.91 Å². The number of amides is 1. The van der Waals surface area contributed by atoms with Gasteiger partial charge in [0.2, 0.25) is 0 Å². The number of alkyl halides is 3. The topological polar surface area (TPSA) is 124 Å². The highest BCUT2D eigenvalue weighted by atomic mass is 79.9. The maximum absolute atomic E-state index is 13.0. The highest BCUT2D eigenvalue weighted by Crippen LogP contribution is 2.35. The molecule has 0 spiro atoms. The van der Waals surface area contributed by atoms with Crippen LogP contribution in [0.2, 0.25) is 5.02 Å². The molecule has 0 saturated heterocycles. The molecule has 0 bridgehead atoms. The molecule has 0 radical (unpaired) electrons. The standard InChI is InChI=1S/C18H13BrClF3N6O2S/c1-7(2-10(30)14-13(19)15(24)28-6-27-14)17-26-5-11(32-17)16(31)29-12-3-8(18(21,22)23)9(20)4-25-12/h3-7H,2H2,1H3,(H2,24,27,28)(H,25,29,31)/t7-/m1/s1. The van der Waals surface area contributed by atoms with Crippen molar-refractivity contribution in [3.05, 3.63) is 55.4 Å². The Balaban J connectivity index is 1.70. The van der Waals surface area contributed by atoms with Gasteiger partial charge in [-0.25, -0.2) is 19.9 Å². The summed E-state index contributed by atoms with van der Waals surface area (Å²) in [4.78, 5) is 40.7. The van der Waals surface area contributed by atoms with Crippen molar-refractivity contribution >= 4 is 62.2 Å². The molecule has 3 aromatic rings. The van der Waals surface area contributed by atoms with Crippen LogP contribution in [-0.4, -0.2) is 31.6 Å². The molecule has 3 heterocycles. The van der Waals surface area contributed by atoms with Crippen LogP contribution in [-0.2, 0) is 6.18 Å². The Morgan fingerprint density at radius 1 is 1.25 bits per heavy atom. The van der Waals surface area contributed by atoms with E-state index in [0.717, 1.165) is 17.5 Å². The lowest BCUT2D eigenvalue weighted by Gasteiger charge is -2.10. The van der Waals surface area contributed by atoms with Crippen LogP contribution in [0.1, 0.15) is 50.0 Å². The number of hydrogen-bond donors (Lipinski definition) is 2. The van der Waals surface area contributed by atoms with E-state index in [1.54, 1.807) is 6.92 Å². The fraction of sp³-hybridized carbons (Fsp3) is 0.222. The van der Waals surface area contributed by atoms with E-state index in [1.165, 1.54) is 12.5 Å². The monoisotopic (exact) mass is 548 g/mol. The number of nitrogens with two attached hydrogens (primary N) is 1. The lowest BCUT2D eigenvalue weighted by Crippen LogP contribution is -2.13. The van der Waals surface area contributed by atoms with Gasteiger partial charge in [-0.2, -0.15) is 13.2 Å². The third-order valence-electron chi connectivity index (χ3n) is 4.14. The van der Waals surface area contributed by atoms with Crippen LogP contribution >= 0.6 is 38.9 Å². The molecule has 14 heteroatoms. The second kappa shape index (κ2) is 9.46. The van der Waals surface area contributed by atoms with Crippen LogP contribution in [0.5, 0.6) is 0 Å². The van der Waals surface area contributed by atoms with Crippen LogP contribution in [0.15, 0.2) is 29.3 Å². The number of carbonyl (C=O) groups is 2. The highest BCUT2D eigenvalue weighted by molar-refractivity contribution is 9.10. The molecule has 0 fully saturated rings. The first-order valence-corrected chi connectivity index (χ1v) is 10.7. The molecule has 1 amide bonds. The average molecular weight is 550 g/mol. The van der Waals surface area contributed by atoms with E-state index < -0.39 is 22.7 Å². The van der Waals surface area contributed by atoms with Gasteiger partial charge < -0.3 is 11.1 Å². The van der Waals surface area contributed by atoms with E-state index in [1.807, 2.05) is 0 Å². The lowest BCUT2D eigenvalue weighted by atomic mass is 10.0. The van der Waals surface area contributed by atoms with Gasteiger partial charge in [-0.05, 0) is 22.0 Å². The average Bonchev–Trinajstić information content (AvgIpc) is 3.21. The zero-order chi connectivity index (χ0) is 23.6. The number of halogens is 5. The van der Waals surface area contributed by atoms with E-state index >= 15 is 0 Å². The molecule has 0 unspecified atom stereocenters. The number of pyridine rings is 1. The summed E-state index contributed by atoms with van der Waals surface area (Å²) in [6, 6.07) is 0.648.